The molecule has 0 saturated carbocycles. The Bertz CT molecular complexity index is 370. The van der Waals surface area contributed by atoms with Crippen LogP contribution in [0.2, 0.25) is 0 Å². The number of benzene rings is 1. The average Bonchev–Trinajstić information content (AvgIpc) is 2.17. The molecule has 0 radical (unpaired) electrons. The molecule has 0 fully saturated rings. The van der Waals surface area contributed by atoms with E-state index in [-0.39, 0.29) is 63.7 Å². The Morgan fingerprint density at radius 1 is 1.38 bits per heavy atom. The Morgan fingerprint density at radius 2 is 2.00 bits per heavy atom. The van der Waals surface area contributed by atoms with Crippen molar-refractivity contribution in [1.82, 2.24) is 5.32 Å². The Hall–Kier alpha value is 0.181. The smallest absolute Gasteiger partial charge is 0.445 e. The molecule has 7 heteroatoms. The monoisotopic (exact) mass is 255 g/mol. The zero-order valence-corrected chi connectivity index (χ0v) is 12.3. The van der Waals surface area contributed by atoms with Gasteiger partial charge in [-0.2, -0.15) is 0 Å². The maximum Gasteiger partial charge on any atom is 1.00 e. The van der Waals surface area contributed by atoms with Crippen molar-refractivity contribution < 1.29 is 69.1 Å². The third-order valence-corrected chi connectivity index (χ3v) is 1.97. The van der Waals surface area contributed by atoms with Gasteiger partial charge in [-0.15, -0.1) is 5.46 Å². The molecule has 1 N–H and O–H groups in total. The Morgan fingerprint density at radius 3 is 2.50 bits per heavy atom. The van der Waals surface area contributed by atoms with Crippen molar-refractivity contribution >= 4 is 18.3 Å². The van der Waals surface area contributed by atoms with Crippen LogP contribution >= 0.6 is 0 Å². The van der Waals surface area contributed by atoms with E-state index in [1.807, 2.05) is 0 Å². The van der Waals surface area contributed by atoms with Gasteiger partial charge in [0.25, 0.3) is 0 Å². The number of hydrogen-bond donors (Lipinski definition) is 1. The second-order valence-corrected chi connectivity index (χ2v) is 3.17. The molecule has 0 unspecified atom stereocenters. The fraction of sp³-hybridized carbons (Fsp3) is 0.222. The SMILES string of the molecule is CNC(=O)Cc1cccc([B-](F)(F)F)c1.[K+]. The first-order valence-electron chi connectivity index (χ1n) is 4.43. The van der Waals surface area contributed by atoms with Crippen molar-refractivity contribution in [1.29, 1.82) is 0 Å². The molecule has 0 aromatic heterocycles. The van der Waals surface area contributed by atoms with Crippen LogP contribution in [0.15, 0.2) is 24.3 Å². The van der Waals surface area contributed by atoms with Crippen molar-refractivity contribution in [3.05, 3.63) is 29.8 Å². The maximum absolute atomic E-state index is 12.3. The van der Waals surface area contributed by atoms with E-state index < -0.39 is 12.4 Å². The first kappa shape index (κ1) is 16.2. The van der Waals surface area contributed by atoms with Crippen LogP contribution in [0.5, 0.6) is 0 Å². The summed E-state index contributed by atoms with van der Waals surface area (Å²) in [6.07, 6.45) is -0.0312. The third kappa shape index (κ3) is 5.01. The molecule has 0 saturated heterocycles. The molecule has 1 amide bonds. The molecule has 2 nitrogen and oxygen atoms in total. The molecule has 0 atom stereocenters. The zero-order valence-electron chi connectivity index (χ0n) is 9.14. The summed E-state index contributed by atoms with van der Waals surface area (Å²) in [4.78, 5) is 11.0. The van der Waals surface area contributed by atoms with E-state index in [0.717, 1.165) is 12.1 Å². The minimum atomic E-state index is -4.99. The summed E-state index contributed by atoms with van der Waals surface area (Å²) in [5.41, 5.74) is -0.303. The molecular formula is C9H10BF3KNO. The molecule has 0 heterocycles. The number of likely N-dealkylation sites (N-methyl/N-ethyl adjacent to an activating group) is 1. The van der Waals surface area contributed by atoms with Crippen molar-refractivity contribution in [3.63, 3.8) is 0 Å². The van der Waals surface area contributed by atoms with Gasteiger partial charge in [0.2, 0.25) is 5.91 Å². The number of carbonyl (C=O) groups is 1. The quantitative estimate of drug-likeness (QED) is 0.624. The van der Waals surface area contributed by atoms with Crippen LogP contribution in [0, 0.1) is 0 Å². The van der Waals surface area contributed by atoms with E-state index in [2.05, 4.69) is 5.32 Å². The third-order valence-electron chi connectivity index (χ3n) is 1.97. The summed E-state index contributed by atoms with van der Waals surface area (Å²) in [6.45, 7) is -4.99. The Labute approximate surface area is 134 Å². The number of nitrogens with one attached hydrogen (secondary N) is 1. The molecule has 0 bridgehead atoms. The molecule has 0 aliphatic heterocycles. The molecule has 0 aliphatic rings. The van der Waals surface area contributed by atoms with Gasteiger partial charge in [-0.3, -0.25) is 4.79 Å². The van der Waals surface area contributed by atoms with Crippen LogP contribution in [0.25, 0.3) is 0 Å². The second-order valence-electron chi connectivity index (χ2n) is 3.17. The molecule has 0 aliphatic carbocycles. The molecule has 82 valence electrons. The predicted molar refractivity (Wildman–Crippen MR) is 52.9 cm³/mol. The number of carbonyl (C=O) groups excluding carboxylic acids is 1. The summed E-state index contributed by atoms with van der Waals surface area (Å²) in [7, 11) is 1.44. The van der Waals surface area contributed by atoms with Crippen LogP contribution in [0.3, 0.4) is 0 Å². The van der Waals surface area contributed by atoms with Gasteiger partial charge in [0.05, 0.1) is 6.42 Å². The van der Waals surface area contributed by atoms with Crippen molar-refractivity contribution in [2.75, 3.05) is 7.05 Å². The van der Waals surface area contributed by atoms with Crippen LogP contribution in [0.4, 0.5) is 12.9 Å². The van der Waals surface area contributed by atoms with E-state index in [1.165, 1.54) is 19.2 Å². The van der Waals surface area contributed by atoms with Gasteiger partial charge in [-0.05, 0) is 5.56 Å². The summed E-state index contributed by atoms with van der Waals surface area (Å²) in [6, 6.07) is 4.83. The second kappa shape index (κ2) is 6.81. The summed E-state index contributed by atoms with van der Waals surface area (Å²) in [5.74, 6) is -0.304. The fourth-order valence-corrected chi connectivity index (χ4v) is 1.18. The average molecular weight is 255 g/mol. The van der Waals surface area contributed by atoms with Crippen molar-refractivity contribution in [3.8, 4) is 0 Å². The minimum Gasteiger partial charge on any atom is -0.445 e. The van der Waals surface area contributed by atoms with E-state index in [1.54, 1.807) is 0 Å². The predicted octanol–water partition coefficient (Wildman–Crippen LogP) is -1.97. The summed E-state index contributed by atoms with van der Waals surface area (Å²) >= 11 is 0. The largest absolute Gasteiger partial charge is 1.00 e. The van der Waals surface area contributed by atoms with E-state index in [4.69, 9.17) is 0 Å². The summed E-state index contributed by atoms with van der Waals surface area (Å²) in [5, 5.41) is 2.36. The van der Waals surface area contributed by atoms with Crippen LogP contribution in [-0.2, 0) is 11.2 Å². The maximum atomic E-state index is 12.3. The molecule has 1 aromatic carbocycles. The first-order valence-corrected chi connectivity index (χ1v) is 4.43. The van der Waals surface area contributed by atoms with E-state index >= 15 is 0 Å². The standard InChI is InChI=1S/C9H10BF3NO.K/c1-14-9(15)6-7-3-2-4-8(5-7)10(11,12)13;/h2-5H,6H2,1H3,(H,14,15);/q-1;+1. The fourth-order valence-electron chi connectivity index (χ4n) is 1.18. The molecule has 1 rings (SSSR count). The number of rotatable bonds is 3. The van der Waals surface area contributed by atoms with E-state index in [9.17, 15) is 17.7 Å². The van der Waals surface area contributed by atoms with Gasteiger partial charge < -0.3 is 18.3 Å². The summed E-state index contributed by atoms with van der Waals surface area (Å²) < 4.78 is 37.0. The number of halogens is 3. The number of hydrogen-bond acceptors (Lipinski definition) is 1. The Kier molecular flexibility index (Phi) is 6.88. The van der Waals surface area contributed by atoms with Gasteiger partial charge >= 0.3 is 58.4 Å². The zero-order chi connectivity index (χ0) is 11.5. The van der Waals surface area contributed by atoms with Gasteiger partial charge in [-0.1, -0.05) is 24.3 Å². The van der Waals surface area contributed by atoms with Gasteiger partial charge in [-0.25, -0.2) is 0 Å². The van der Waals surface area contributed by atoms with Crippen LogP contribution in [0.1, 0.15) is 5.56 Å². The molecule has 0 spiro atoms. The van der Waals surface area contributed by atoms with Crippen LogP contribution in [-0.4, -0.2) is 19.9 Å². The Balaban J connectivity index is 0.00000225. The van der Waals surface area contributed by atoms with Crippen molar-refractivity contribution in [2.45, 2.75) is 6.42 Å². The molecular weight excluding hydrogens is 245 g/mol. The minimum absolute atomic E-state index is 0. The number of amides is 1. The molecule has 16 heavy (non-hydrogen) atoms. The first-order chi connectivity index (χ1) is 6.93. The van der Waals surface area contributed by atoms with Gasteiger partial charge in [0, 0.05) is 7.05 Å². The van der Waals surface area contributed by atoms with Gasteiger partial charge in [0.15, 0.2) is 0 Å². The topological polar surface area (TPSA) is 29.1 Å². The van der Waals surface area contributed by atoms with Gasteiger partial charge in [0.1, 0.15) is 0 Å². The van der Waals surface area contributed by atoms with Crippen LogP contribution < -0.4 is 62.2 Å². The van der Waals surface area contributed by atoms with E-state index in [0.29, 0.717) is 5.56 Å². The molecule has 1 aromatic rings. The van der Waals surface area contributed by atoms with Crippen molar-refractivity contribution in [2.24, 2.45) is 0 Å². The normalized spacial score (nSPS) is 10.5.